The van der Waals surface area contributed by atoms with Crippen molar-refractivity contribution in [2.24, 2.45) is 0 Å². The monoisotopic (exact) mass is 716 g/mol. The summed E-state index contributed by atoms with van der Waals surface area (Å²) in [6, 6.07) is 0. The number of aromatic nitrogens is 8. The average molecular weight is 718 g/mol. The van der Waals surface area contributed by atoms with Crippen molar-refractivity contribution in [3.8, 4) is 0 Å². The van der Waals surface area contributed by atoms with Gasteiger partial charge in [-0.15, -0.1) is 0 Å². The van der Waals surface area contributed by atoms with Gasteiger partial charge in [0, 0.05) is 39.4 Å². The summed E-state index contributed by atoms with van der Waals surface area (Å²) >= 11 is 24.9. The third-order valence-electron chi connectivity index (χ3n) is 6.32. The molecule has 1 aliphatic heterocycles. The molecule has 20 heteroatoms. The molecule has 0 aromatic carbocycles. The van der Waals surface area contributed by atoms with Crippen LogP contribution in [0.5, 0.6) is 0 Å². The van der Waals surface area contributed by atoms with Crippen LogP contribution in [0, 0.1) is 0 Å². The van der Waals surface area contributed by atoms with E-state index in [0.717, 1.165) is 0 Å². The van der Waals surface area contributed by atoms with Crippen LogP contribution in [0.25, 0.3) is 22.1 Å². The van der Waals surface area contributed by atoms with Crippen LogP contribution in [0.3, 0.4) is 0 Å². The van der Waals surface area contributed by atoms with Gasteiger partial charge in [0.1, 0.15) is 22.1 Å². The Kier molecular flexibility index (Phi) is 13.3. The number of hydrogen-bond donors (Lipinski definition) is 4. The summed E-state index contributed by atoms with van der Waals surface area (Å²) in [4.78, 5) is 34.4. The number of nitrogens with one attached hydrogen (secondary N) is 4. The van der Waals surface area contributed by atoms with Gasteiger partial charge in [-0.25, -0.2) is 19.9 Å². The minimum atomic E-state index is 0.0408. The summed E-state index contributed by atoms with van der Waals surface area (Å²) < 4.78 is 22.8. The Morgan fingerprint density at radius 3 is 0.957 bits per heavy atom. The van der Waals surface area contributed by atoms with E-state index in [2.05, 4.69) is 61.1 Å². The quantitative estimate of drug-likeness (QED) is 0.191. The predicted molar refractivity (Wildman–Crippen MR) is 177 cm³/mol. The lowest BCUT2D eigenvalue weighted by Crippen LogP contribution is -2.16. The van der Waals surface area contributed by atoms with Gasteiger partial charge in [-0.1, -0.05) is 0 Å². The normalized spacial score (nSPS) is 17.1. The Morgan fingerprint density at radius 2 is 0.630 bits per heavy atom. The SMILES string of the molecule is Clc1nc2c3nc(Cl)nc(c3n1)NCCCOCCOCCNc1nc(Cl)nc3c(nc(Cl)nc13)NCCOCCOCCCN2. The van der Waals surface area contributed by atoms with Crippen LogP contribution in [-0.2, 0) is 18.9 Å². The molecule has 46 heavy (non-hydrogen) atoms. The summed E-state index contributed by atoms with van der Waals surface area (Å²) in [7, 11) is 0. The Balaban J connectivity index is 1.20. The van der Waals surface area contributed by atoms with Crippen molar-refractivity contribution in [2.75, 3.05) is 100 Å². The molecule has 8 bridgehead atoms. The zero-order chi connectivity index (χ0) is 32.1. The second-order valence-electron chi connectivity index (χ2n) is 9.62. The Hall–Kier alpha value is -2.96. The van der Waals surface area contributed by atoms with Crippen LogP contribution in [0.2, 0.25) is 21.1 Å². The predicted octanol–water partition coefficient (Wildman–Crippen LogP) is 3.97. The van der Waals surface area contributed by atoms with Gasteiger partial charge in [-0.2, -0.15) is 19.9 Å². The third-order valence-corrected chi connectivity index (χ3v) is 6.99. The van der Waals surface area contributed by atoms with Crippen LogP contribution in [-0.4, -0.2) is 119 Å². The van der Waals surface area contributed by atoms with E-state index in [1.807, 2.05) is 0 Å². The van der Waals surface area contributed by atoms with Gasteiger partial charge in [0.05, 0.1) is 39.6 Å². The molecule has 4 N–H and O–H groups in total. The first-order valence-electron chi connectivity index (χ1n) is 14.6. The smallest absolute Gasteiger partial charge is 0.225 e. The summed E-state index contributed by atoms with van der Waals surface area (Å²) in [6.07, 6.45) is 1.39. The molecule has 5 rings (SSSR count). The molecule has 0 amide bonds. The third kappa shape index (κ3) is 10.0. The Bertz CT molecular complexity index is 1380. The minimum absolute atomic E-state index is 0.0408. The van der Waals surface area contributed by atoms with Crippen LogP contribution in [0.1, 0.15) is 12.8 Å². The largest absolute Gasteiger partial charge is 0.379 e. The number of ether oxygens (including phenoxy) is 4. The maximum Gasteiger partial charge on any atom is 0.225 e. The highest BCUT2D eigenvalue weighted by Crippen LogP contribution is 2.28. The summed E-state index contributed by atoms with van der Waals surface area (Å²) in [5, 5.41) is 13.0. The highest BCUT2D eigenvalue weighted by atomic mass is 35.5. The van der Waals surface area contributed by atoms with E-state index in [-0.39, 0.29) is 21.1 Å². The topological polar surface area (TPSA) is 188 Å². The molecule has 4 aromatic rings. The lowest BCUT2D eigenvalue weighted by atomic mass is 10.3. The highest BCUT2D eigenvalue weighted by molar-refractivity contribution is 6.30. The van der Waals surface area contributed by atoms with Crippen molar-refractivity contribution in [2.45, 2.75) is 12.8 Å². The van der Waals surface area contributed by atoms with E-state index in [0.29, 0.717) is 137 Å². The van der Waals surface area contributed by atoms with E-state index in [1.165, 1.54) is 0 Å². The second kappa shape index (κ2) is 17.8. The molecule has 1 aliphatic rings. The van der Waals surface area contributed by atoms with E-state index in [4.69, 9.17) is 65.4 Å². The fourth-order valence-electron chi connectivity index (χ4n) is 4.30. The van der Waals surface area contributed by atoms with Gasteiger partial charge in [-0.3, -0.25) is 0 Å². The first kappa shape index (κ1) is 34.4. The van der Waals surface area contributed by atoms with Crippen molar-refractivity contribution in [1.29, 1.82) is 0 Å². The zero-order valence-corrected chi connectivity index (χ0v) is 27.6. The fourth-order valence-corrected chi connectivity index (χ4v) is 4.98. The van der Waals surface area contributed by atoms with Crippen molar-refractivity contribution in [3.63, 3.8) is 0 Å². The molecule has 0 aliphatic carbocycles. The Labute approximate surface area is 284 Å². The van der Waals surface area contributed by atoms with Gasteiger partial charge in [0.2, 0.25) is 21.1 Å². The van der Waals surface area contributed by atoms with Gasteiger partial charge in [0.15, 0.2) is 23.3 Å². The van der Waals surface area contributed by atoms with Crippen LogP contribution in [0.15, 0.2) is 0 Å². The molecule has 0 saturated heterocycles. The molecule has 0 fully saturated rings. The Morgan fingerprint density at radius 1 is 0.348 bits per heavy atom. The molecule has 16 nitrogen and oxygen atoms in total. The summed E-state index contributed by atoms with van der Waals surface area (Å²) in [5.74, 6) is 1.75. The lowest BCUT2D eigenvalue weighted by molar-refractivity contribution is 0.0515. The number of hydrogen-bond acceptors (Lipinski definition) is 16. The molecule has 248 valence electrons. The molecule has 4 aromatic heterocycles. The van der Waals surface area contributed by atoms with Crippen LogP contribution in [0.4, 0.5) is 23.3 Å². The number of anilines is 4. The minimum Gasteiger partial charge on any atom is -0.379 e. The van der Waals surface area contributed by atoms with E-state index in [9.17, 15) is 0 Å². The molecule has 0 atom stereocenters. The highest BCUT2D eigenvalue weighted by Gasteiger charge is 2.16. The molecule has 0 saturated carbocycles. The fraction of sp³-hybridized carbons (Fsp3) is 0.538. The zero-order valence-electron chi connectivity index (χ0n) is 24.6. The lowest BCUT2D eigenvalue weighted by Gasteiger charge is -2.13. The van der Waals surface area contributed by atoms with Crippen LogP contribution >= 0.6 is 46.4 Å². The number of nitrogens with zero attached hydrogens (tertiary/aromatic N) is 8. The van der Waals surface area contributed by atoms with E-state index >= 15 is 0 Å². The van der Waals surface area contributed by atoms with Crippen molar-refractivity contribution in [3.05, 3.63) is 21.1 Å². The van der Waals surface area contributed by atoms with Gasteiger partial charge in [0.25, 0.3) is 0 Å². The summed E-state index contributed by atoms with van der Waals surface area (Å²) in [6.45, 7) is 5.45. The molecule has 0 unspecified atom stereocenters. The molecule has 0 radical (unpaired) electrons. The number of halogens is 4. The van der Waals surface area contributed by atoms with E-state index in [1.54, 1.807) is 0 Å². The first-order valence-corrected chi connectivity index (χ1v) is 16.1. The summed E-state index contributed by atoms with van der Waals surface area (Å²) in [5.41, 5.74) is 1.78. The first-order chi connectivity index (χ1) is 22.5. The number of rotatable bonds is 0. The molecule has 5 heterocycles. The average Bonchev–Trinajstić information content (AvgIpc) is 3.02. The van der Waals surface area contributed by atoms with Gasteiger partial charge < -0.3 is 40.2 Å². The van der Waals surface area contributed by atoms with Crippen LogP contribution < -0.4 is 21.3 Å². The molecular formula is C26H32Cl4N12O4. The van der Waals surface area contributed by atoms with Crippen molar-refractivity contribution in [1.82, 2.24) is 39.9 Å². The standard InChI is InChI=1S/C26H32Cl4N12O4/c27-23-36-16-15-19(39-23)31-3-1-7-43-11-13-45-9-5-33-21-17-18(38-25(29)41-21)22(42-26(30)37-17)34-6-10-46-14-12-44-8-2-4-32-20(16)40-24(28)35-15/h1-14H2,(H,31,36,39)(H,32,35,40)(H,33,38,41)(H,34,37,42). The maximum atomic E-state index is 6.22. The van der Waals surface area contributed by atoms with Gasteiger partial charge >= 0.3 is 0 Å². The van der Waals surface area contributed by atoms with E-state index < -0.39 is 0 Å². The van der Waals surface area contributed by atoms with Crippen molar-refractivity contribution >= 4 is 91.7 Å². The second-order valence-corrected chi connectivity index (χ2v) is 11.0. The molecule has 0 spiro atoms. The van der Waals surface area contributed by atoms with Gasteiger partial charge in [-0.05, 0) is 59.2 Å². The van der Waals surface area contributed by atoms with Crippen molar-refractivity contribution < 1.29 is 18.9 Å². The molecular weight excluding hydrogens is 686 g/mol. The maximum absolute atomic E-state index is 6.22.